The predicted molar refractivity (Wildman–Crippen MR) is 334 cm³/mol. The van der Waals surface area contributed by atoms with E-state index in [2.05, 4.69) is 21.3 Å². The lowest BCUT2D eigenvalue weighted by molar-refractivity contribution is -0.149. The molecule has 2 aromatic carbocycles. The molecule has 2 saturated heterocycles. The number of rotatable bonds is 11. The molecule has 11 amide bonds. The highest BCUT2D eigenvalue weighted by Gasteiger charge is 2.43. The molecule has 0 radical (unpaired) electrons. The largest absolute Gasteiger partial charge is 0.416 e. The number of piperidine rings is 1. The van der Waals surface area contributed by atoms with E-state index in [4.69, 9.17) is 11.6 Å². The molecule has 500 valence electrons. The molecule has 4 rings (SSSR count). The van der Waals surface area contributed by atoms with Gasteiger partial charge in [-0.25, -0.2) is 0 Å². The van der Waals surface area contributed by atoms with Crippen LogP contribution in [0.15, 0.2) is 48.5 Å². The fourth-order valence-electron chi connectivity index (χ4n) is 11.1. The van der Waals surface area contributed by atoms with Crippen LogP contribution in [0.5, 0.6) is 0 Å². The fourth-order valence-corrected chi connectivity index (χ4v) is 11.2. The highest BCUT2D eigenvalue weighted by molar-refractivity contribution is 6.30. The molecule has 4 N–H and O–H groups in total. The lowest BCUT2D eigenvalue weighted by atomic mass is 9.95. The second kappa shape index (κ2) is 33.1. The molecule has 26 heteroatoms. The molecule has 0 saturated carbocycles. The van der Waals surface area contributed by atoms with Gasteiger partial charge in [0.25, 0.3) is 0 Å². The molecule has 22 nitrogen and oxygen atoms in total. The van der Waals surface area contributed by atoms with Gasteiger partial charge >= 0.3 is 6.18 Å². The van der Waals surface area contributed by atoms with Crippen molar-refractivity contribution in [2.24, 2.45) is 17.8 Å². The average molecular weight is 1290 g/mol. The van der Waals surface area contributed by atoms with E-state index in [0.717, 1.165) is 36.6 Å². The Bertz CT molecular complexity index is 2880. The van der Waals surface area contributed by atoms with Gasteiger partial charge in [-0.15, -0.1) is 0 Å². The van der Waals surface area contributed by atoms with Gasteiger partial charge < -0.3 is 55.6 Å². The van der Waals surface area contributed by atoms with Gasteiger partial charge in [-0.3, -0.25) is 52.7 Å². The van der Waals surface area contributed by atoms with Crippen LogP contribution in [0, 0.1) is 17.8 Å². The molecule has 8 atom stereocenters. The Morgan fingerprint density at radius 1 is 0.611 bits per heavy atom. The number of carbonyl (C=O) groups excluding carboxylic acids is 11. The molecular formula is C64H95ClF3N11O11. The molecule has 2 fully saturated rings. The number of carbonyl (C=O) groups is 11. The summed E-state index contributed by atoms with van der Waals surface area (Å²) >= 11 is 6.20. The van der Waals surface area contributed by atoms with E-state index in [-0.39, 0.29) is 63.3 Å². The van der Waals surface area contributed by atoms with Gasteiger partial charge in [0.1, 0.15) is 41.8 Å². The number of alkyl halides is 3. The fraction of sp³-hybridized carbons (Fsp3) is 0.641. The maximum atomic E-state index is 14.9. The van der Waals surface area contributed by atoms with Crippen molar-refractivity contribution < 1.29 is 65.9 Å². The number of fused-ring (bicyclic) bond motifs is 1. The minimum absolute atomic E-state index is 0.0398. The Kier molecular flexibility index (Phi) is 27.7. The van der Waals surface area contributed by atoms with Gasteiger partial charge in [0.15, 0.2) is 0 Å². The molecular weight excluding hydrogens is 1190 g/mol. The zero-order valence-corrected chi connectivity index (χ0v) is 55.7. The van der Waals surface area contributed by atoms with Crippen molar-refractivity contribution >= 4 is 76.6 Å². The van der Waals surface area contributed by atoms with Crippen LogP contribution < -0.4 is 21.3 Å². The molecule has 0 aromatic heterocycles. The Balaban J connectivity index is 1.81. The Labute approximate surface area is 533 Å². The van der Waals surface area contributed by atoms with Crippen molar-refractivity contribution in [3.63, 3.8) is 0 Å². The lowest BCUT2D eigenvalue weighted by Gasteiger charge is -2.38. The number of likely N-dealkylation sites (N-methyl/N-ethyl adjacent to an activating group) is 6. The smallest absolute Gasteiger partial charge is 0.351 e. The molecule has 0 aliphatic carbocycles. The number of aryl methyl sites for hydroxylation is 1. The number of benzene rings is 2. The Morgan fingerprint density at radius 2 is 1.17 bits per heavy atom. The maximum absolute atomic E-state index is 14.9. The molecule has 1 unspecified atom stereocenters. The van der Waals surface area contributed by atoms with Crippen LogP contribution in [-0.4, -0.2) is 216 Å². The van der Waals surface area contributed by atoms with Crippen LogP contribution in [0.3, 0.4) is 0 Å². The van der Waals surface area contributed by atoms with Crippen LogP contribution in [-0.2, 0) is 71.8 Å². The van der Waals surface area contributed by atoms with Gasteiger partial charge in [-0.05, 0) is 119 Å². The van der Waals surface area contributed by atoms with Crippen LogP contribution in [0.25, 0.3) is 0 Å². The van der Waals surface area contributed by atoms with Crippen LogP contribution in [0.1, 0.15) is 130 Å². The zero-order chi connectivity index (χ0) is 67.9. The second-order valence-electron chi connectivity index (χ2n) is 25.7. The average Bonchev–Trinajstić information content (AvgIpc) is 1.37. The number of hydrogen-bond acceptors (Lipinski definition) is 11. The number of nitrogens with zero attached hydrogens (tertiary/aromatic N) is 7. The molecule has 2 aliphatic rings. The quantitative estimate of drug-likeness (QED) is 0.240. The number of halogens is 4. The minimum atomic E-state index is -4.63. The lowest BCUT2D eigenvalue weighted by Crippen LogP contribution is -2.63. The van der Waals surface area contributed by atoms with Gasteiger partial charge in [-0.1, -0.05) is 83.8 Å². The molecule has 2 aromatic rings. The summed E-state index contributed by atoms with van der Waals surface area (Å²) in [7, 11) is 8.15. The first-order valence-electron chi connectivity index (χ1n) is 30.8. The highest BCUT2D eigenvalue weighted by Crippen LogP contribution is 2.30. The first-order valence-corrected chi connectivity index (χ1v) is 31.2. The maximum Gasteiger partial charge on any atom is 0.416 e. The van der Waals surface area contributed by atoms with Crippen molar-refractivity contribution in [1.82, 2.24) is 55.6 Å². The molecule has 0 bridgehead atoms. The van der Waals surface area contributed by atoms with Crippen LogP contribution in [0.4, 0.5) is 13.2 Å². The van der Waals surface area contributed by atoms with E-state index in [1.165, 1.54) is 78.1 Å². The van der Waals surface area contributed by atoms with Crippen LogP contribution >= 0.6 is 11.6 Å². The Hall–Kier alpha value is -7.31. The summed E-state index contributed by atoms with van der Waals surface area (Å²) < 4.78 is 40.8. The Morgan fingerprint density at radius 3 is 1.73 bits per heavy atom. The third-order valence-electron chi connectivity index (χ3n) is 16.8. The highest BCUT2D eigenvalue weighted by atomic mass is 35.5. The van der Waals surface area contributed by atoms with Crippen molar-refractivity contribution in [3.05, 3.63) is 70.2 Å². The van der Waals surface area contributed by atoms with Gasteiger partial charge in [0, 0.05) is 72.7 Å². The van der Waals surface area contributed by atoms with E-state index in [1.807, 2.05) is 20.8 Å². The number of nitrogens with one attached hydrogen (secondary N) is 4. The summed E-state index contributed by atoms with van der Waals surface area (Å²) in [5.41, 5.74) is -1.68. The molecule has 0 spiro atoms. The summed E-state index contributed by atoms with van der Waals surface area (Å²) in [6.45, 7) is 13.9. The van der Waals surface area contributed by atoms with E-state index < -0.39 is 150 Å². The van der Waals surface area contributed by atoms with Gasteiger partial charge in [0.05, 0.1) is 25.2 Å². The molecule has 2 heterocycles. The summed E-state index contributed by atoms with van der Waals surface area (Å²) in [5, 5.41) is 11.6. The van der Waals surface area contributed by atoms with E-state index in [9.17, 15) is 65.9 Å². The number of hydrogen-bond donors (Lipinski definition) is 4. The molecule has 90 heavy (non-hydrogen) atoms. The van der Waals surface area contributed by atoms with Crippen molar-refractivity contribution in [1.29, 1.82) is 0 Å². The van der Waals surface area contributed by atoms with Crippen molar-refractivity contribution in [2.45, 2.75) is 181 Å². The van der Waals surface area contributed by atoms with Crippen molar-refractivity contribution in [3.8, 4) is 0 Å². The standard InChI is InChI=1S/C64H95ClF3N11O11/c1-16-40(6)55-61(89)75(12)36-53(82)73(10)37-54(83)76(13)50(34-43-22-27-45(65)28-23-43)60(88)74(11)35-51(80)70-46(29-24-42-20-25-44(26-21-42)64(66,67)68)59(87)77(14)49(32-39(4)5)58(86)72-63(8,9)62(90)78(15)48(31-38(2)3)57(85)69-41(7)33-52(81)79-30-18-17-19-47(79)56(84)71-55/h20-23,25-28,38-41,46-50,55H,16-19,24,29-37H2,1-15H3,(H,69,85)(H,70,80)(H,71,84)(H,72,86)/t40-,41+,46-,47?,48-,49-,50-,55-/m0/s1. The number of amides is 11. The first kappa shape index (κ1) is 75.2. The van der Waals surface area contributed by atoms with E-state index in [0.29, 0.717) is 35.4 Å². The summed E-state index contributed by atoms with van der Waals surface area (Å²) in [5.74, 6) is -8.23. The van der Waals surface area contributed by atoms with Crippen molar-refractivity contribution in [2.75, 3.05) is 68.5 Å². The third kappa shape index (κ3) is 21.1. The predicted octanol–water partition coefficient (Wildman–Crippen LogP) is 4.68. The summed E-state index contributed by atoms with van der Waals surface area (Å²) in [4.78, 5) is 167. The van der Waals surface area contributed by atoms with Gasteiger partial charge in [0.2, 0.25) is 65.0 Å². The molecule has 2 aliphatic heterocycles. The van der Waals surface area contributed by atoms with E-state index >= 15 is 0 Å². The first-order chi connectivity index (χ1) is 41.9. The third-order valence-corrected chi connectivity index (χ3v) is 17.0. The summed E-state index contributed by atoms with van der Waals surface area (Å²) in [6, 6.07) is 2.67. The van der Waals surface area contributed by atoms with Gasteiger partial charge in [-0.2, -0.15) is 13.2 Å². The zero-order valence-electron chi connectivity index (χ0n) is 54.9. The second-order valence-corrected chi connectivity index (χ2v) is 26.1. The topological polar surface area (TPSA) is 259 Å². The normalized spacial score (nSPS) is 24.4. The summed E-state index contributed by atoms with van der Waals surface area (Å²) in [6.07, 6.45) is -3.06. The SMILES string of the molecule is CC[C@H](C)[C@@H]1NC(=O)C2CCCCN2C(=O)C[C@@H](C)NC(=O)[C@H](CC(C)C)N(C)C(=O)C(C)(C)NC(=O)[C@H](CC(C)C)N(C)C(=O)[C@H](CCc2ccc(C(F)(F)F)cc2)NC(=O)CN(C)C(=O)[C@H](Cc2ccc(Cl)cc2)N(C)C(=O)CN(C)C(=O)CN(C)C1=O. The van der Waals surface area contributed by atoms with Crippen LogP contribution in [0.2, 0.25) is 5.02 Å². The minimum Gasteiger partial charge on any atom is -0.351 e. The monoisotopic (exact) mass is 1290 g/mol. The van der Waals surface area contributed by atoms with E-state index in [1.54, 1.807) is 52.0 Å².